The van der Waals surface area contributed by atoms with Crippen molar-refractivity contribution < 1.29 is 14.4 Å². The number of hydrogen-bond donors (Lipinski definition) is 2. The van der Waals surface area contributed by atoms with Crippen LogP contribution in [-0.4, -0.2) is 51.7 Å². The summed E-state index contributed by atoms with van der Waals surface area (Å²) >= 11 is 0. The van der Waals surface area contributed by atoms with Crippen LogP contribution in [0, 0.1) is 12.8 Å². The third-order valence-corrected chi connectivity index (χ3v) is 6.38. The monoisotopic (exact) mass is 435 g/mol. The molecule has 0 radical (unpaired) electrons. The first-order chi connectivity index (χ1) is 15.5. The van der Waals surface area contributed by atoms with Crippen molar-refractivity contribution in [2.24, 2.45) is 5.92 Å². The van der Waals surface area contributed by atoms with Gasteiger partial charge in [-0.05, 0) is 44.2 Å². The van der Waals surface area contributed by atoms with Gasteiger partial charge in [-0.1, -0.05) is 31.0 Å². The predicted octanol–water partition coefficient (Wildman–Crippen LogP) is 2.95. The Balaban J connectivity index is 1.36. The molecule has 1 saturated heterocycles. The summed E-state index contributed by atoms with van der Waals surface area (Å²) in [5, 5.41) is 5.71. The number of carbonyl (C=O) groups excluding carboxylic acids is 3. The molecule has 2 heterocycles. The molecule has 32 heavy (non-hydrogen) atoms. The molecule has 1 saturated carbocycles. The summed E-state index contributed by atoms with van der Waals surface area (Å²) in [5.74, 6) is -0.134. The molecular formula is C24H29N5O3. The van der Waals surface area contributed by atoms with Crippen molar-refractivity contribution in [2.75, 3.05) is 18.4 Å². The summed E-state index contributed by atoms with van der Waals surface area (Å²) in [5.41, 5.74) is 1.43. The summed E-state index contributed by atoms with van der Waals surface area (Å²) in [4.78, 5) is 48.4. The topological polar surface area (TPSA) is 104 Å². The Labute approximate surface area is 187 Å². The maximum absolute atomic E-state index is 12.9. The number of rotatable bonds is 5. The molecule has 2 aliphatic rings. The predicted molar refractivity (Wildman–Crippen MR) is 120 cm³/mol. The number of nitrogens with one attached hydrogen (secondary N) is 2. The van der Waals surface area contributed by atoms with Crippen molar-refractivity contribution in [2.45, 2.75) is 51.5 Å². The minimum absolute atomic E-state index is 0.0444. The molecule has 0 spiro atoms. The second kappa shape index (κ2) is 9.89. The second-order valence-corrected chi connectivity index (χ2v) is 8.58. The Hall–Kier alpha value is -3.29. The van der Waals surface area contributed by atoms with Crippen LogP contribution in [0.25, 0.3) is 0 Å². The lowest BCUT2D eigenvalue weighted by molar-refractivity contribution is -0.136. The van der Waals surface area contributed by atoms with Crippen LogP contribution in [0.3, 0.4) is 0 Å². The lowest BCUT2D eigenvalue weighted by Gasteiger charge is -2.33. The SMILES string of the molecule is Cc1ccccc1C(=O)Nc1nccnc1C(=O)NC1CCN(C(=O)C2CCCC2)CC1. The smallest absolute Gasteiger partial charge is 0.273 e. The van der Waals surface area contributed by atoms with Crippen molar-refractivity contribution in [3.05, 3.63) is 53.5 Å². The normalized spacial score (nSPS) is 17.2. The minimum Gasteiger partial charge on any atom is -0.348 e. The van der Waals surface area contributed by atoms with Crippen molar-refractivity contribution in [1.29, 1.82) is 0 Å². The van der Waals surface area contributed by atoms with Crippen LogP contribution in [0.15, 0.2) is 36.7 Å². The van der Waals surface area contributed by atoms with Crippen molar-refractivity contribution in [1.82, 2.24) is 20.2 Å². The van der Waals surface area contributed by atoms with Crippen molar-refractivity contribution in [3.8, 4) is 0 Å². The molecule has 0 bridgehead atoms. The van der Waals surface area contributed by atoms with Gasteiger partial charge in [0.05, 0.1) is 0 Å². The highest BCUT2D eigenvalue weighted by Gasteiger charge is 2.31. The first-order valence-electron chi connectivity index (χ1n) is 11.3. The van der Waals surface area contributed by atoms with E-state index in [0.717, 1.165) is 31.2 Å². The number of nitrogens with zero attached hydrogens (tertiary/aromatic N) is 3. The van der Waals surface area contributed by atoms with Crippen LogP contribution < -0.4 is 10.6 Å². The zero-order valence-electron chi connectivity index (χ0n) is 18.3. The highest BCUT2D eigenvalue weighted by molar-refractivity contribution is 6.08. The van der Waals surface area contributed by atoms with E-state index >= 15 is 0 Å². The van der Waals surface area contributed by atoms with Gasteiger partial charge in [-0.15, -0.1) is 0 Å². The quantitative estimate of drug-likeness (QED) is 0.751. The number of anilines is 1. The Bertz CT molecular complexity index is 995. The molecule has 2 N–H and O–H groups in total. The van der Waals surface area contributed by atoms with Gasteiger partial charge in [0.15, 0.2) is 11.5 Å². The highest BCUT2D eigenvalue weighted by atomic mass is 16.2. The molecule has 1 aliphatic carbocycles. The molecular weight excluding hydrogens is 406 g/mol. The summed E-state index contributed by atoms with van der Waals surface area (Å²) in [6.07, 6.45) is 8.56. The standard InChI is InChI=1S/C24H29N5O3/c1-16-6-2-5-9-19(16)22(30)28-21-20(25-12-13-26-21)23(31)27-18-10-14-29(15-11-18)24(32)17-7-3-4-8-17/h2,5-6,9,12-13,17-18H,3-4,7-8,10-11,14-15H2,1H3,(H,27,31)(H,26,28,30). The van der Waals surface area contributed by atoms with E-state index in [1.54, 1.807) is 12.1 Å². The molecule has 0 atom stereocenters. The molecule has 8 nitrogen and oxygen atoms in total. The maximum Gasteiger partial charge on any atom is 0.273 e. The Kier molecular flexibility index (Phi) is 6.78. The third-order valence-electron chi connectivity index (χ3n) is 6.38. The Morgan fingerprint density at radius 1 is 0.938 bits per heavy atom. The molecule has 1 aromatic carbocycles. The van der Waals surface area contributed by atoms with E-state index in [-0.39, 0.29) is 41.2 Å². The van der Waals surface area contributed by atoms with E-state index in [9.17, 15) is 14.4 Å². The van der Waals surface area contributed by atoms with E-state index in [4.69, 9.17) is 0 Å². The van der Waals surface area contributed by atoms with Gasteiger partial charge >= 0.3 is 0 Å². The average Bonchev–Trinajstić information content (AvgIpc) is 3.35. The van der Waals surface area contributed by atoms with Crippen LogP contribution in [0.1, 0.15) is 64.9 Å². The molecule has 0 unspecified atom stereocenters. The average molecular weight is 436 g/mol. The van der Waals surface area contributed by atoms with Crippen LogP contribution in [-0.2, 0) is 4.79 Å². The van der Waals surface area contributed by atoms with Gasteiger partial charge in [0.1, 0.15) is 0 Å². The van der Waals surface area contributed by atoms with Gasteiger partial charge in [0.2, 0.25) is 5.91 Å². The first-order valence-corrected chi connectivity index (χ1v) is 11.3. The maximum atomic E-state index is 12.9. The van der Waals surface area contributed by atoms with Gasteiger partial charge < -0.3 is 15.5 Å². The van der Waals surface area contributed by atoms with Crippen LogP contribution >= 0.6 is 0 Å². The first kappa shape index (κ1) is 21.9. The Morgan fingerprint density at radius 3 is 2.34 bits per heavy atom. The van der Waals surface area contributed by atoms with Gasteiger partial charge in [-0.2, -0.15) is 0 Å². The fourth-order valence-corrected chi connectivity index (χ4v) is 4.53. The zero-order chi connectivity index (χ0) is 22.5. The van der Waals surface area contributed by atoms with Gasteiger partial charge in [-0.3, -0.25) is 14.4 Å². The third kappa shape index (κ3) is 4.95. The van der Waals surface area contributed by atoms with E-state index in [0.29, 0.717) is 31.5 Å². The van der Waals surface area contributed by atoms with E-state index < -0.39 is 0 Å². The fourth-order valence-electron chi connectivity index (χ4n) is 4.53. The number of aryl methyl sites for hydroxylation is 1. The van der Waals surface area contributed by atoms with E-state index in [1.165, 1.54) is 12.4 Å². The summed E-state index contributed by atoms with van der Waals surface area (Å²) < 4.78 is 0. The number of hydrogen-bond acceptors (Lipinski definition) is 5. The number of carbonyl (C=O) groups is 3. The molecule has 1 aliphatic heterocycles. The van der Waals surface area contributed by atoms with Gasteiger partial charge in [0.25, 0.3) is 11.8 Å². The largest absolute Gasteiger partial charge is 0.348 e. The van der Waals surface area contributed by atoms with Crippen LogP contribution in [0.5, 0.6) is 0 Å². The number of amides is 3. The lowest BCUT2D eigenvalue weighted by Crippen LogP contribution is -2.48. The van der Waals surface area contributed by atoms with Crippen molar-refractivity contribution >= 4 is 23.5 Å². The molecule has 4 rings (SSSR count). The van der Waals surface area contributed by atoms with Gasteiger partial charge in [-0.25, -0.2) is 9.97 Å². The number of benzene rings is 1. The van der Waals surface area contributed by atoms with Crippen LogP contribution in [0.2, 0.25) is 0 Å². The zero-order valence-corrected chi connectivity index (χ0v) is 18.3. The van der Waals surface area contributed by atoms with Crippen molar-refractivity contribution in [3.63, 3.8) is 0 Å². The minimum atomic E-state index is -0.376. The highest BCUT2D eigenvalue weighted by Crippen LogP contribution is 2.27. The summed E-state index contributed by atoms with van der Waals surface area (Å²) in [7, 11) is 0. The number of aromatic nitrogens is 2. The van der Waals surface area contributed by atoms with Crippen LogP contribution in [0.4, 0.5) is 5.82 Å². The molecule has 168 valence electrons. The molecule has 8 heteroatoms. The second-order valence-electron chi connectivity index (χ2n) is 8.58. The van der Waals surface area contributed by atoms with E-state index in [1.807, 2.05) is 24.0 Å². The molecule has 2 aromatic rings. The van der Waals surface area contributed by atoms with E-state index in [2.05, 4.69) is 20.6 Å². The molecule has 2 fully saturated rings. The number of likely N-dealkylation sites (tertiary alicyclic amines) is 1. The number of piperidine rings is 1. The fraction of sp³-hybridized carbons (Fsp3) is 0.458. The molecule has 1 aromatic heterocycles. The lowest BCUT2D eigenvalue weighted by atomic mass is 10.0. The molecule has 3 amide bonds. The Morgan fingerprint density at radius 2 is 1.62 bits per heavy atom. The van der Waals surface area contributed by atoms with Gasteiger partial charge in [0, 0.05) is 43.0 Å². The summed E-state index contributed by atoms with van der Waals surface area (Å²) in [6.45, 7) is 3.15. The summed E-state index contributed by atoms with van der Waals surface area (Å²) in [6, 6.07) is 7.18.